The highest BCUT2D eigenvalue weighted by atomic mass is 16.1. The summed E-state index contributed by atoms with van der Waals surface area (Å²) in [5.74, 6) is 0.510. The fourth-order valence-electron chi connectivity index (χ4n) is 2.54. The Hall–Kier alpha value is -1.42. The van der Waals surface area contributed by atoms with Gasteiger partial charge in [-0.3, -0.25) is 4.79 Å². The van der Waals surface area contributed by atoms with Gasteiger partial charge in [0, 0.05) is 11.6 Å². The van der Waals surface area contributed by atoms with Crippen molar-refractivity contribution in [3.8, 4) is 0 Å². The number of nitrogens with zero attached hydrogens (tertiary/aromatic N) is 1. The van der Waals surface area contributed by atoms with Crippen molar-refractivity contribution in [3.63, 3.8) is 0 Å². The first-order valence-electron chi connectivity index (χ1n) is 6.15. The van der Waals surface area contributed by atoms with Gasteiger partial charge in [-0.25, -0.2) is 4.98 Å². The Balaban J connectivity index is 2.32. The van der Waals surface area contributed by atoms with Gasteiger partial charge in [0.1, 0.15) is 5.82 Å². The molecule has 3 N–H and O–H groups in total. The molecule has 1 aliphatic heterocycles. The van der Waals surface area contributed by atoms with Gasteiger partial charge >= 0.3 is 0 Å². The molecule has 4 nitrogen and oxygen atoms in total. The van der Waals surface area contributed by atoms with Crippen LogP contribution >= 0.6 is 0 Å². The number of carbonyl (C=O) groups excluding carboxylic acids is 1. The zero-order valence-electron chi connectivity index (χ0n) is 10.2. The Bertz CT molecular complexity index is 411. The van der Waals surface area contributed by atoms with Crippen LogP contribution in [0.25, 0.3) is 0 Å². The van der Waals surface area contributed by atoms with Gasteiger partial charge in [-0.15, -0.1) is 0 Å². The maximum Gasteiger partial charge on any atom is 0.172 e. The average Bonchev–Trinajstić information content (AvgIpc) is 2.39. The van der Waals surface area contributed by atoms with E-state index in [9.17, 15) is 4.79 Å². The number of hydrogen-bond donors (Lipinski definition) is 2. The van der Waals surface area contributed by atoms with Crippen molar-refractivity contribution in [2.24, 2.45) is 5.41 Å². The number of ketones is 1. The number of nitrogens with one attached hydrogen (secondary N) is 1. The summed E-state index contributed by atoms with van der Waals surface area (Å²) in [6, 6.07) is 3.55. The molecule has 0 aromatic carbocycles. The van der Waals surface area contributed by atoms with Crippen molar-refractivity contribution < 1.29 is 4.79 Å². The smallest absolute Gasteiger partial charge is 0.172 e. The van der Waals surface area contributed by atoms with E-state index in [1.807, 2.05) is 0 Å². The van der Waals surface area contributed by atoms with Gasteiger partial charge in [0.2, 0.25) is 0 Å². The van der Waals surface area contributed by atoms with E-state index in [-0.39, 0.29) is 11.2 Å². The van der Waals surface area contributed by atoms with Crippen LogP contribution in [0.15, 0.2) is 18.3 Å². The fraction of sp³-hybridized carbons (Fsp3) is 0.538. The van der Waals surface area contributed by atoms with Gasteiger partial charge in [-0.1, -0.05) is 6.92 Å². The molecular formula is C13H19N3O. The maximum absolute atomic E-state index is 12.6. The molecule has 4 heteroatoms. The summed E-state index contributed by atoms with van der Waals surface area (Å²) >= 11 is 0. The summed E-state index contributed by atoms with van der Waals surface area (Å²) in [7, 11) is 0. The SMILES string of the molecule is CCC1(C(=O)c2cccnc2N)CCNCC1. The Morgan fingerprint density at radius 1 is 1.53 bits per heavy atom. The standard InChI is InChI=1S/C13H19N3O/c1-2-13(5-8-15-9-6-13)11(17)10-4-3-7-16-12(10)14/h3-4,7,15H,2,5-6,8-9H2,1H3,(H2,14,16). The molecule has 0 spiro atoms. The molecule has 0 aliphatic carbocycles. The van der Waals surface area contributed by atoms with Crippen molar-refractivity contribution in [1.29, 1.82) is 0 Å². The van der Waals surface area contributed by atoms with Gasteiger partial charge in [-0.2, -0.15) is 0 Å². The van der Waals surface area contributed by atoms with Crippen molar-refractivity contribution in [1.82, 2.24) is 10.3 Å². The number of aromatic nitrogens is 1. The summed E-state index contributed by atoms with van der Waals surface area (Å²) in [5, 5.41) is 3.30. The van der Waals surface area contributed by atoms with E-state index in [0.29, 0.717) is 11.4 Å². The highest BCUT2D eigenvalue weighted by molar-refractivity contribution is 6.03. The second-order valence-electron chi connectivity index (χ2n) is 4.65. The van der Waals surface area contributed by atoms with E-state index in [1.54, 1.807) is 18.3 Å². The minimum Gasteiger partial charge on any atom is -0.383 e. The van der Waals surface area contributed by atoms with Crippen LogP contribution in [0, 0.1) is 5.41 Å². The van der Waals surface area contributed by atoms with Gasteiger partial charge in [0.05, 0.1) is 5.56 Å². The van der Waals surface area contributed by atoms with E-state index in [2.05, 4.69) is 17.2 Å². The predicted octanol–water partition coefficient (Wildman–Crippen LogP) is 1.63. The number of hydrogen-bond acceptors (Lipinski definition) is 4. The van der Waals surface area contributed by atoms with E-state index in [1.165, 1.54) is 0 Å². The predicted molar refractivity (Wildman–Crippen MR) is 67.8 cm³/mol. The summed E-state index contributed by atoms with van der Waals surface area (Å²) in [6.45, 7) is 3.88. The van der Waals surface area contributed by atoms with Gasteiger partial charge in [0.15, 0.2) is 5.78 Å². The van der Waals surface area contributed by atoms with Crippen LogP contribution in [0.4, 0.5) is 5.82 Å². The number of nitrogens with two attached hydrogens (primary N) is 1. The molecule has 1 saturated heterocycles. The van der Waals surface area contributed by atoms with E-state index in [0.717, 1.165) is 32.4 Å². The molecule has 2 rings (SSSR count). The molecule has 1 aromatic rings. The lowest BCUT2D eigenvalue weighted by Gasteiger charge is -2.35. The number of carbonyl (C=O) groups is 1. The van der Waals surface area contributed by atoms with Crippen molar-refractivity contribution in [3.05, 3.63) is 23.9 Å². The second kappa shape index (κ2) is 4.84. The monoisotopic (exact) mass is 233 g/mol. The Morgan fingerprint density at radius 2 is 2.24 bits per heavy atom. The van der Waals surface area contributed by atoms with Crippen LogP contribution in [0.3, 0.4) is 0 Å². The second-order valence-corrected chi connectivity index (χ2v) is 4.65. The Morgan fingerprint density at radius 3 is 2.82 bits per heavy atom. The average molecular weight is 233 g/mol. The topological polar surface area (TPSA) is 68.0 Å². The lowest BCUT2D eigenvalue weighted by Crippen LogP contribution is -2.42. The molecular weight excluding hydrogens is 214 g/mol. The first-order valence-corrected chi connectivity index (χ1v) is 6.15. The van der Waals surface area contributed by atoms with E-state index < -0.39 is 0 Å². The third-order valence-corrected chi connectivity index (χ3v) is 3.80. The molecule has 0 radical (unpaired) electrons. The molecule has 92 valence electrons. The van der Waals surface area contributed by atoms with Crippen LogP contribution in [-0.2, 0) is 0 Å². The molecule has 1 aromatic heterocycles. The van der Waals surface area contributed by atoms with E-state index >= 15 is 0 Å². The van der Waals surface area contributed by atoms with Crippen LogP contribution in [0.5, 0.6) is 0 Å². The van der Waals surface area contributed by atoms with Gasteiger partial charge < -0.3 is 11.1 Å². The van der Waals surface area contributed by atoms with Crippen molar-refractivity contribution in [2.75, 3.05) is 18.8 Å². The number of rotatable bonds is 3. The number of Topliss-reactive ketones (excluding diaryl/α,β-unsaturated/α-hetero) is 1. The Kier molecular flexibility index (Phi) is 3.43. The van der Waals surface area contributed by atoms with Crippen molar-refractivity contribution in [2.45, 2.75) is 26.2 Å². The summed E-state index contributed by atoms with van der Waals surface area (Å²) in [4.78, 5) is 16.6. The summed E-state index contributed by atoms with van der Waals surface area (Å²) in [5.41, 5.74) is 6.13. The maximum atomic E-state index is 12.6. The normalized spacial score (nSPS) is 18.9. The molecule has 2 heterocycles. The number of piperidine rings is 1. The largest absolute Gasteiger partial charge is 0.383 e. The molecule has 0 unspecified atom stereocenters. The van der Waals surface area contributed by atoms with Crippen LogP contribution in [0.2, 0.25) is 0 Å². The third kappa shape index (κ3) is 2.17. The fourth-order valence-corrected chi connectivity index (χ4v) is 2.54. The lowest BCUT2D eigenvalue weighted by atomic mass is 9.71. The quantitative estimate of drug-likeness (QED) is 0.779. The summed E-state index contributed by atoms with van der Waals surface area (Å²) in [6.07, 6.45) is 4.25. The highest BCUT2D eigenvalue weighted by Gasteiger charge is 2.38. The lowest BCUT2D eigenvalue weighted by molar-refractivity contribution is 0.0718. The molecule has 0 atom stereocenters. The molecule has 0 amide bonds. The zero-order valence-corrected chi connectivity index (χ0v) is 10.2. The molecule has 1 aliphatic rings. The first-order chi connectivity index (χ1) is 8.19. The molecule has 0 saturated carbocycles. The molecule has 17 heavy (non-hydrogen) atoms. The van der Waals surface area contributed by atoms with Crippen LogP contribution < -0.4 is 11.1 Å². The van der Waals surface area contributed by atoms with Crippen molar-refractivity contribution >= 4 is 11.6 Å². The first kappa shape index (κ1) is 12.0. The highest BCUT2D eigenvalue weighted by Crippen LogP contribution is 2.36. The minimum absolute atomic E-state index is 0.159. The molecule has 1 fully saturated rings. The number of anilines is 1. The molecule has 0 bridgehead atoms. The summed E-state index contributed by atoms with van der Waals surface area (Å²) < 4.78 is 0. The third-order valence-electron chi connectivity index (χ3n) is 3.80. The van der Waals surface area contributed by atoms with Crippen LogP contribution in [0.1, 0.15) is 36.5 Å². The Labute approximate surface area is 102 Å². The van der Waals surface area contributed by atoms with E-state index in [4.69, 9.17) is 5.73 Å². The number of nitrogen functional groups attached to an aromatic ring is 1. The van der Waals surface area contributed by atoms with Gasteiger partial charge in [-0.05, 0) is 44.5 Å². The van der Waals surface area contributed by atoms with Gasteiger partial charge in [0.25, 0.3) is 0 Å². The van der Waals surface area contributed by atoms with Crippen LogP contribution in [-0.4, -0.2) is 23.9 Å². The minimum atomic E-state index is -0.248. The number of pyridine rings is 1. The zero-order chi connectivity index (χ0) is 12.3.